The zero-order valence-corrected chi connectivity index (χ0v) is 11.7. The van der Waals surface area contributed by atoms with Crippen molar-refractivity contribution >= 4 is 0 Å². The van der Waals surface area contributed by atoms with Crippen molar-refractivity contribution in [2.24, 2.45) is 5.92 Å². The first-order valence-corrected chi connectivity index (χ1v) is 7.30. The smallest absolute Gasteiger partial charge is 0.157 e. The molecule has 3 rings (SSSR count). The fraction of sp³-hybridized carbons (Fsp3) is 0.438. The van der Waals surface area contributed by atoms with Gasteiger partial charge >= 0.3 is 0 Å². The van der Waals surface area contributed by atoms with Crippen LogP contribution < -0.4 is 10.1 Å². The van der Waals surface area contributed by atoms with Crippen LogP contribution >= 0.6 is 0 Å². The number of rotatable bonds is 5. The maximum absolute atomic E-state index is 5.85. The van der Waals surface area contributed by atoms with Gasteiger partial charge in [0, 0.05) is 0 Å². The van der Waals surface area contributed by atoms with Crippen LogP contribution in [0.5, 0.6) is 5.75 Å². The number of piperidine rings is 1. The van der Waals surface area contributed by atoms with Crippen LogP contribution in [-0.4, -0.2) is 29.5 Å². The van der Waals surface area contributed by atoms with Crippen molar-refractivity contribution < 1.29 is 4.74 Å². The highest BCUT2D eigenvalue weighted by atomic mass is 16.5. The molecule has 1 fully saturated rings. The molecule has 1 aliphatic heterocycles. The minimum Gasteiger partial charge on any atom is -0.490 e. The maximum atomic E-state index is 5.85. The van der Waals surface area contributed by atoms with Crippen LogP contribution in [-0.2, 0) is 6.54 Å². The Bertz CT molecular complexity index is 518. The van der Waals surface area contributed by atoms with E-state index in [-0.39, 0.29) is 0 Å². The van der Waals surface area contributed by atoms with Crippen LogP contribution in [0.15, 0.2) is 42.7 Å². The predicted octanol–water partition coefficient (Wildman–Crippen LogP) is 2.31. The van der Waals surface area contributed by atoms with Gasteiger partial charge in [0.25, 0.3) is 0 Å². The number of aromatic nitrogens is 2. The summed E-state index contributed by atoms with van der Waals surface area (Å²) in [6.45, 7) is 3.82. The molecule has 20 heavy (non-hydrogen) atoms. The number of hydrogen-bond donors (Lipinski definition) is 1. The van der Waals surface area contributed by atoms with Crippen molar-refractivity contribution in [1.29, 1.82) is 0 Å². The zero-order chi connectivity index (χ0) is 13.6. The van der Waals surface area contributed by atoms with Gasteiger partial charge < -0.3 is 10.1 Å². The monoisotopic (exact) mass is 271 g/mol. The zero-order valence-electron chi connectivity index (χ0n) is 11.7. The molecule has 0 bridgehead atoms. The van der Waals surface area contributed by atoms with E-state index in [0.29, 0.717) is 5.92 Å². The second kappa shape index (κ2) is 6.57. The van der Waals surface area contributed by atoms with E-state index in [1.807, 2.05) is 35.3 Å². The van der Waals surface area contributed by atoms with Crippen molar-refractivity contribution in [3.8, 4) is 5.75 Å². The average Bonchev–Trinajstić information content (AvgIpc) is 2.95. The van der Waals surface area contributed by atoms with Crippen LogP contribution in [0, 0.1) is 5.92 Å². The van der Waals surface area contributed by atoms with Gasteiger partial charge in [0.2, 0.25) is 0 Å². The van der Waals surface area contributed by atoms with Crippen molar-refractivity contribution in [2.75, 3.05) is 19.7 Å². The van der Waals surface area contributed by atoms with Gasteiger partial charge in [-0.15, -0.1) is 0 Å². The van der Waals surface area contributed by atoms with Gasteiger partial charge in [-0.25, -0.2) is 0 Å². The molecule has 4 nitrogen and oxygen atoms in total. The van der Waals surface area contributed by atoms with Crippen LogP contribution in [0.4, 0.5) is 0 Å². The third kappa shape index (κ3) is 3.61. The Labute approximate surface area is 119 Å². The Morgan fingerprint density at radius 3 is 2.80 bits per heavy atom. The van der Waals surface area contributed by atoms with Gasteiger partial charge in [-0.3, -0.25) is 4.68 Å². The van der Waals surface area contributed by atoms with E-state index >= 15 is 0 Å². The molecular formula is C16H21N3O. The van der Waals surface area contributed by atoms with Crippen molar-refractivity contribution in [3.63, 3.8) is 0 Å². The van der Waals surface area contributed by atoms with Crippen LogP contribution in [0.1, 0.15) is 18.4 Å². The molecule has 106 valence electrons. The number of ether oxygens (including phenoxy) is 1. The lowest BCUT2D eigenvalue weighted by Gasteiger charge is -2.22. The third-order valence-electron chi connectivity index (χ3n) is 3.74. The molecule has 1 saturated heterocycles. The molecule has 4 heteroatoms. The molecule has 1 N–H and O–H groups in total. The molecule has 1 aromatic carbocycles. The molecule has 1 aliphatic rings. The highest BCUT2D eigenvalue weighted by molar-refractivity contribution is 5.17. The van der Waals surface area contributed by atoms with E-state index in [0.717, 1.165) is 32.0 Å². The summed E-state index contributed by atoms with van der Waals surface area (Å²) in [7, 11) is 0. The summed E-state index contributed by atoms with van der Waals surface area (Å²) < 4.78 is 7.78. The Morgan fingerprint density at radius 1 is 1.20 bits per heavy atom. The first kappa shape index (κ1) is 13.2. The second-order valence-electron chi connectivity index (χ2n) is 5.36. The molecule has 0 spiro atoms. The Hall–Kier alpha value is -1.81. The van der Waals surface area contributed by atoms with Crippen molar-refractivity contribution in [2.45, 2.75) is 19.4 Å². The fourth-order valence-corrected chi connectivity index (χ4v) is 2.54. The molecule has 2 aromatic rings. The lowest BCUT2D eigenvalue weighted by atomic mass is 9.99. The third-order valence-corrected chi connectivity index (χ3v) is 3.74. The van der Waals surface area contributed by atoms with E-state index in [1.54, 1.807) is 0 Å². The second-order valence-corrected chi connectivity index (χ2v) is 5.36. The van der Waals surface area contributed by atoms with Gasteiger partial charge in [0.1, 0.15) is 0 Å². The predicted molar refractivity (Wildman–Crippen MR) is 78.9 cm³/mol. The largest absolute Gasteiger partial charge is 0.490 e. The molecule has 0 radical (unpaired) electrons. The molecule has 0 saturated carbocycles. The summed E-state index contributed by atoms with van der Waals surface area (Å²) in [5, 5.41) is 7.73. The van der Waals surface area contributed by atoms with E-state index in [4.69, 9.17) is 4.74 Å². The molecule has 1 aromatic heterocycles. The van der Waals surface area contributed by atoms with Crippen molar-refractivity contribution in [1.82, 2.24) is 15.1 Å². The average molecular weight is 271 g/mol. The van der Waals surface area contributed by atoms with Crippen LogP contribution in [0.2, 0.25) is 0 Å². The van der Waals surface area contributed by atoms with E-state index in [1.165, 1.54) is 18.4 Å². The molecular weight excluding hydrogens is 250 g/mol. The summed E-state index contributed by atoms with van der Waals surface area (Å²) in [5.74, 6) is 1.55. The summed E-state index contributed by atoms with van der Waals surface area (Å²) in [6.07, 6.45) is 6.20. The van der Waals surface area contributed by atoms with Gasteiger partial charge in [-0.2, -0.15) is 5.10 Å². The van der Waals surface area contributed by atoms with E-state index in [9.17, 15) is 0 Å². The molecule has 0 aliphatic carbocycles. The topological polar surface area (TPSA) is 39.1 Å². The van der Waals surface area contributed by atoms with Crippen molar-refractivity contribution in [3.05, 3.63) is 48.3 Å². The summed E-state index contributed by atoms with van der Waals surface area (Å²) >= 11 is 0. The first-order valence-electron chi connectivity index (χ1n) is 7.30. The number of hydrogen-bond acceptors (Lipinski definition) is 3. The number of nitrogens with zero attached hydrogens (tertiary/aromatic N) is 2. The standard InChI is InChI=1S/C16H21N3O/c1-2-4-14(5-3-1)11-19-12-16(10-18-19)20-13-15-6-8-17-9-7-15/h1-5,10,12,15,17H,6-9,11,13H2. The van der Waals surface area contributed by atoms with Gasteiger partial charge in [-0.1, -0.05) is 30.3 Å². The number of benzene rings is 1. The first-order chi connectivity index (χ1) is 9.90. The normalized spacial score (nSPS) is 16.2. The SMILES string of the molecule is c1ccc(Cn2cc(OCC3CCNCC3)cn2)cc1. The van der Waals surface area contributed by atoms with E-state index < -0.39 is 0 Å². The fourth-order valence-electron chi connectivity index (χ4n) is 2.54. The highest BCUT2D eigenvalue weighted by Crippen LogP contribution is 2.16. The van der Waals surface area contributed by atoms with E-state index in [2.05, 4.69) is 22.5 Å². The quantitative estimate of drug-likeness (QED) is 0.907. The lowest BCUT2D eigenvalue weighted by Crippen LogP contribution is -2.30. The molecule has 2 heterocycles. The van der Waals surface area contributed by atoms with Crippen LogP contribution in [0.3, 0.4) is 0 Å². The molecule has 0 amide bonds. The van der Waals surface area contributed by atoms with Crippen LogP contribution in [0.25, 0.3) is 0 Å². The summed E-state index contributed by atoms with van der Waals surface area (Å²) in [4.78, 5) is 0. The van der Waals surface area contributed by atoms with Gasteiger partial charge in [0.15, 0.2) is 5.75 Å². The minimum absolute atomic E-state index is 0.675. The molecule has 0 unspecified atom stereocenters. The summed E-state index contributed by atoms with van der Waals surface area (Å²) in [6, 6.07) is 10.3. The van der Waals surface area contributed by atoms with Gasteiger partial charge in [0.05, 0.1) is 25.5 Å². The lowest BCUT2D eigenvalue weighted by molar-refractivity contribution is 0.215. The van der Waals surface area contributed by atoms with Gasteiger partial charge in [-0.05, 0) is 37.4 Å². The minimum atomic E-state index is 0.675. The molecule has 0 atom stereocenters. The summed E-state index contributed by atoms with van der Waals surface area (Å²) in [5.41, 5.74) is 1.25. The number of nitrogens with one attached hydrogen (secondary N) is 1. The maximum Gasteiger partial charge on any atom is 0.157 e. The Kier molecular flexibility index (Phi) is 4.33. The Morgan fingerprint density at radius 2 is 2.00 bits per heavy atom. The Balaban J connectivity index is 1.51. The highest BCUT2D eigenvalue weighted by Gasteiger charge is 2.13.